The maximum atomic E-state index is 12.3. The van der Waals surface area contributed by atoms with Gasteiger partial charge in [0, 0.05) is 84.5 Å². The van der Waals surface area contributed by atoms with E-state index in [9.17, 15) is 14.4 Å². The molecular formula is C86H182N10O3. The number of benzene rings is 3. The number of likely N-dealkylation sites (N-methyl/N-ethyl adjacent to an activating group) is 1. The number of urea groups is 2. The Labute approximate surface area is 624 Å². The zero-order valence-corrected chi connectivity index (χ0v) is 58.7. The summed E-state index contributed by atoms with van der Waals surface area (Å²) in [6, 6.07) is 32.5. The molecule has 0 spiro atoms. The molecule has 3 N–H and O–H groups in total. The van der Waals surface area contributed by atoms with Crippen LogP contribution in [0.2, 0.25) is 0 Å². The standard InChI is InChI=1S/2C21H33N3O.C20H32N4O.6C2H6.12CH4/c1-23-13-10-20(11-14-23)21(25)22-12-7-18-8-15-24(16-9-18)17-19-5-3-2-4-6-19;1-18-8-15-24(16-9-18)21(25)22-12-7-19-10-13-23(14-11-19)17-20-5-3-2-4-6-20;1-22-13-15-24(16-14-22)20(25)21-10-7-18-8-11-23(12-9-18)17-19-5-3-2-4-6-19;6*1-2;;;;;;;;;;;;/h2-6,18,20H,7-17H2,1H3,(H,22,25);2-6,18-19H,7-17H2,1H3,(H,22,25);2-6,18H,7-17H2,1H3,(H,21,25);6*1-2H3;12*1H4. The second-order valence-electron chi connectivity index (χ2n) is 23.3. The third-order valence-electron chi connectivity index (χ3n) is 17.3. The molecule has 594 valence electrons. The zero-order valence-electron chi connectivity index (χ0n) is 58.7. The van der Waals surface area contributed by atoms with Crippen molar-refractivity contribution in [2.75, 3.05) is 125 Å². The van der Waals surface area contributed by atoms with Gasteiger partial charge in [-0.15, -0.1) is 0 Å². The van der Waals surface area contributed by atoms with Crippen LogP contribution in [0.15, 0.2) is 91.0 Å². The lowest BCUT2D eigenvalue weighted by atomic mass is 9.92. The van der Waals surface area contributed by atoms with Gasteiger partial charge in [-0.1, -0.05) is 270 Å². The number of hydrogen-bond acceptors (Lipinski definition) is 8. The molecule has 0 bridgehead atoms. The number of nitrogens with zero attached hydrogens (tertiary/aromatic N) is 7. The molecule has 13 nitrogen and oxygen atoms in total. The first-order chi connectivity index (χ1) is 42.6. The van der Waals surface area contributed by atoms with Crippen molar-refractivity contribution in [2.45, 2.75) is 282 Å². The van der Waals surface area contributed by atoms with E-state index in [4.69, 9.17) is 0 Å². The van der Waals surface area contributed by atoms with E-state index in [2.05, 4.69) is 152 Å². The monoisotopic (exact) mass is 1400 g/mol. The Morgan fingerprint density at radius 1 is 0.323 bits per heavy atom. The van der Waals surface area contributed by atoms with Crippen molar-refractivity contribution in [3.05, 3.63) is 108 Å². The summed E-state index contributed by atoms with van der Waals surface area (Å²) >= 11 is 0. The van der Waals surface area contributed by atoms with Crippen LogP contribution in [-0.4, -0.2) is 178 Å². The van der Waals surface area contributed by atoms with Gasteiger partial charge >= 0.3 is 12.1 Å². The lowest BCUT2D eigenvalue weighted by Gasteiger charge is -2.33. The molecule has 6 heterocycles. The third-order valence-corrected chi connectivity index (χ3v) is 17.3. The van der Waals surface area contributed by atoms with Crippen molar-refractivity contribution in [3.8, 4) is 0 Å². The van der Waals surface area contributed by atoms with Crippen LogP contribution in [-0.2, 0) is 24.4 Å². The molecule has 5 amide bonds. The van der Waals surface area contributed by atoms with Crippen molar-refractivity contribution < 1.29 is 14.4 Å². The largest absolute Gasteiger partial charge is 0.356 e. The van der Waals surface area contributed by atoms with Gasteiger partial charge < -0.3 is 35.6 Å². The normalized spacial score (nSPS) is 16.2. The Morgan fingerprint density at radius 2 is 0.576 bits per heavy atom. The van der Waals surface area contributed by atoms with Gasteiger partial charge in [-0.2, -0.15) is 0 Å². The molecule has 6 aliphatic rings. The van der Waals surface area contributed by atoms with Crippen LogP contribution < -0.4 is 16.0 Å². The first kappa shape index (κ1) is 121. The molecule has 3 aromatic carbocycles. The Bertz CT molecular complexity index is 1790. The summed E-state index contributed by atoms with van der Waals surface area (Å²) in [4.78, 5) is 52.8. The fourth-order valence-electron chi connectivity index (χ4n) is 11.9. The van der Waals surface area contributed by atoms with Crippen LogP contribution in [0, 0.1) is 29.6 Å². The molecule has 99 heavy (non-hydrogen) atoms. The summed E-state index contributed by atoms with van der Waals surface area (Å²) in [6.07, 6.45) is 15.2. The van der Waals surface area contributed by atoms with Gasteiger partial charge in [-0.25, -0.2) is 9.59 Å². The summed E-state index contributed by atoms with van der Waals surface area (Å²) in [5.74, 6) is 3.57. The fourth-order valence-corrected chi connectivity index (χ4v) is 11.9. The van der Waals surface area contributed by atoms with E-state index < -0.39 is 0 Å². The topological polar surface area (TPSA) is 110 Å². The van der Waals surface area contributed by atoms with Crippen molar-refractivity contribution in [1.82, 2.24) is 50.2 Å². The van der Waals surface area contributed by atoms with Gasteiger partial charge in [0.25, 0.3) is 0 Å². The molecule has 9 rings (SSSR count). The van der Waals surface area contributed by atoms with Gasteiger partial charge in [0.05, 0.1) is 0 Å². The Balaban J connectivity index is -0.000000101. The van der Waals surface area contributed by atoms with E-state index in [1.807, 2.05) is 92.9 Å². The Hall–Kier alpha value is -4.53. The third kappa shape index (κ3) is 53.0. The van der Waals surface area contributed by atoms with Gasteiger partial charge in [-0.3, -0.25) is 19.5 Å². The first-order valence-electron chi connectivity index (χ1n) is 35.6. The first-order valence-corrected chi connectivity index (χ1v) is 35.6. The van der Waals surface area contributed by atoms with Crippen LogP contribution >= 0.6 is 0 Å². The minimum Gasteiger partial charge on any atom is -0.356 e. The summed E-state index contributed by atoms with van der Waals surface area (Å²) in [5.41, 5.74) is 4.22. The predicted molar refractivity (Wildman–Crippen MR) is 455 cm³/mol. The van der Waals surface area contributed by atoms with Crippen LogP contribution in [0.1, 0.15) is 279 Å². The number of amides is 5. The van der Waals surface area contributed by atoms with Crippen molar-refractivity contribution in [2.24, 2.45) is 29.6 Å². The van der Waals surface area contributed by atoms with Crippen molar-refractivity contribution in [1.29, 1.82) is 0 Å². The lowest BCUT2D eigenvalue weighted by Crippen LogP contribution is -2.50. The molecule has 0 unspecified atom stereocenters. The van der Waals surface area contributed by atoms with E-state index >= 15 is 0 Å². The number of piperidine rings is 5. The second-order valence-corrected chi connectivity index (χ2v) is 23.3. The molecular weight excluding hydrogens is 1220 g/mol. The lowest BCUT2D eigenvalue weighted by molar-refractivity contribution is -0.126. The predicted octanol–water partition coefficient (Wildman–Crippen LogP) is 22.5. The number of carbonyl (C=O) groups excluding carboxylic acids is 3. The molecule has 6 aliphatic heterocycles. The highest BCUT2D eigenvalue weighted by atomic mass is 16.2. The highest BCUT2D eigenvalue weighted by molar-refractivity contribution is 5.78. The Kier molecular flexibility index (Phi) is 97.1. The molecule has 3 aromatic rings. The molecule has 0 radical (unpaired) electrons. The molecule has 0 atom stereocenters. The number of likely N-dealkylation sites (tertiary alicyclic amines) is 5. The maximum absolute atomic E-state index is 12.3. The number of nitrogens with one attached hydrogen (secondary N) is 3. The summed E-state index contributed by atoms with van der Waals surface area (Å²) < 4.78 is 0. The van der Waals surface area contributed by atoms with Crippen molar-refractivity contribution >= 4 is 18.0 Å². The van der Waals surface area contributed by atoms with Gasteiger partial charge in [0.2, 0.25) is 5.91 Å². The summed E-state index contributed by atoms with van der Waals surface area (Å²) in [5, 5.41) is 9.45. The number of rotatable bonds is 16. The van der Waals surface area contributed by atoms with Crippen LogP contribution in [0.4, 0.5) is 9.59 Å². The van der Waals surface area contributed by atoms with E-state index in [1.54, 1.807) is 0 Å². The fraction of sp³-hybridized carbons (Fsp3) is 0.756. The quantitative estimate of drug-likeness (QED) is 0.130. The molecule has 6 saturated heterocycles. The maximum Gasteiger partial charge on any atom is 0.317 e. The molecule has 0 aromatic heterocycles. The zero-order chi connectivity index (χ0) is 64.5. The molecule has 13 heteroatoms. The smallest absolute Gasteiger partial charge is 0.317 e. The highest BCUT2D eigenvalue weighted by Crippen LogP contribution is 2.25. The van der Waals surface area contributed by atoms with Crippen molar-refractivity contribution in [3.63, 3.8) is 0 Å². The molecule has 0 saturated carbocycles. The van der Waals surface area contributed by atoms with Crippen LogP contribution in [0.5, 0.6) is 0 Å². The van der Waals surface area contributed by atoms with E-state index in [0.29, 0.717) is 0 Å². The van der Waals surface area contributed by atoms with E-state index in [-0.39, 0.29) is 113 Å². The van der Waals surface area contributed by atoms with Crippen LogP contribution in [0.25, 0.3) is 0 Å². The summed E-state index contributed by atoms with van der Waals surface area (Å²) in [6.45, 7) is 46.6. The molecule has 0 aliphatic carbocycles. The van der Waals surface area contributed by atoms with Gasteiger partial charge in [0.15, 0.2) is 0 Å². The number of hydrogen-bond donors (Lipinski definition) is 3. The minimum absolute atomic E-state index is 0. The average Bonchev–Trinajstić information content (AvgIpc) is 0.936. The SMILES string of the molecule is C.C.C.C.C.C.C.C.C.C.C.C.CC.CC.CC.CC.CC.CC.CC1CCN(C(=O)NCCC2CCN(Cc3ccccc3)CC2)CC1.CN1CCC(C(=O)NCCC2CCN(Cc3ccccc3)CC2)CC1.CN1CCN(C(=O)NCCC2CCN(Cc3ccccc3)CC2)CC1. The molecule has 6 fully saturated rings. The van der Waals surface area contributed by atoms with Crippen LogP contribution in [0.3, 0.4) is 0 Å². The summed E-state index contributed by atoms with van der Waals surface area (Å²) in [7, 11) is 4.25. The number of piperazine rings is 1. The van der Waals surface area contributed by atoms with E-state index in [1.165, 1.54) is 94.5 Å². The average molecular weight is 1400 g/mol. The van der Waals surface area contributed by atoms with Gasteiger partial charge in [0.1, 0.15) is 0 Å². The van der Waals surface area contributed by atoms with E-state index in [0.717, 1.165) is 160 Å². The highest BCUT2D eigenvalue weighted by Gasteiger charge is 2.26. The second kappa shape index (κ2) is 79.2. The Morgan fingerprint density at radius 3 is 0.859 bits per heavy atom. The minimum atomic E-state index is 0. The van der Waals surface area contributed by atoms with Gasteiger partial charge in [-0.05, 0) is 190 Å². The number of carbonyl (C=O) groups is 3.